The van der Waals surface area contributed by atoms with Crippen LogP contribution in [0.25, 0.3) is 11.3 Å². The van der Waals surface area contributed by atoms with Crippen molar-refractivity contribution in [2.45, 2.75) is 13.5 Å². The maximum absolute atomic E-state index is 5.66. The van der Waals surface area contributed by atoms with Gasteiger partial charge in [-0.3, -0.25) is 0 Å². The Bertz CT molecular complexity index is 712. The number of hydrogen-bond acceptors (Lipinski definition) is 4. The van der Waals surface area contributed by atoms with Crippen LogP contribution in [-0.2, 0) is 6.61 Å². The Morgan fingerprint density at radius 2 is 1.81 bits per heavy atom. The van der Waals surface area contributed by atoms with Gasteiger partial charge in [-0.2, -0.15) is 0 Å². The quantitative estimate of drug-likeness (QED) is 0.733. The lowest BCUT2D eigenvalue weighted by atomic mass is 10.2. The van der Waals surface area contributed by atoms with Crippen LogP contribution in [0.2, 0.25) is 0 Å². The molecule has 4 heteroatoms. The van der Waals surface area contributed by atoms with Crippen molar-refractivity contribution in [3.63, 3.8) is 0 Å². The minimum atomic E-state index is 0.514. The summed E-state index contributed by atoms with van der Waals surface area (Å²) in [6.07, 6.45) is 3.51. The Balaban J connectivity index is 1.69. The molecule has 0 N–H and O–H groups in total. The Morgan fingerprint density at radius 1 is 0.952 bits per heavy atom. The van der Waals surface area contributed by atoms with Crippen LogP contribution in [0.1, 0.15) is 11.4 Å². The molecule has 0 saturated heterocycles. The number of pyridine rings is 1. The molecule has 21 heavy (non-hydrogen) atoms. The molecular formula is C17H15N3O. The van der Waals surface area contributed by atoms with Crippen molar-refractivity contribution in [1.29, 1.82) is 0 Å². The highest BCUT2D eigenvalue weighted by molar-refractivity contribution is 5.57. The van der Waals surface area contributed by atoms with Crippen LogP contribution < -0.4 is 4.74 Å². The summed E-state index contributed by atoms with van der Waals surface area (Å²) in [6.45, 7) is 2.38. The summed E-state index contributed by atoms with van der Waals surface area (Å²) in [5.74, 6) is 1.35. The third-order valence-corrected chi connectivity index (χ3v) is 3.04. The maximum Gasteiger partial charge on any atom is 0.213 e. The third kappa shape index (κ3) is 3.42. The fourth-order valence-corrected chi connectivity index (χ4v) is 1.97. The van der Waals surface area contributed by atoms with Gasteiger partial charge in [-0.05, 0) is 24.6 Å². The van der Waals surface area contributed by atoms with Gasteiger partial charge in [0, 0.05) is 24.0 Å². The van der Waals surface area contributed by atoms with E-state index in [1.165, 1.54) is 0 Å². The van der Waals surface area contributed by atoms with Crippen molar-refractivity contribution in [1.82, 2.24) is 15.0 Å². The van der Waals surface area contributed by atoms with E-state index in [0.29, 0.717) is 12.5 Å². The van der Waals surface area contributed by atoms with Crippen LogP contribution in [0.3, 0.4) is 0 Å². The van der Waals surface area contributed by atoms with Gasteiger partial charge in [0.15, 0.2) is 0 Å². The standard InChI is InChI=1S/C17H15N3O/c1-13-18-10-9-16(20-13)15-7-8-17(19-11-15)21-12-14-5-3-2-4-6-14/h2-11H,12H2,1H3. The molecule has 0 spiro atoms. The first-order valence-corrected chi connectivity index (χ1v) is 6.74. The van der Waals surface area contributed by atoms with E-state index < -0.39 is 0 Å². The molecule has 104 valence electrons. The highest BCUT2D eigenvalue weighted by atomic mass is 16.5. The molecule has 0 amide bonds. The van der Waals surface area contributed by atoms with Crippen LogP contribution in [0.15, 0.2) is 60.9 Å². The highest BCUT2D eigenvalue weighted by Gasteiger charge is 2.02. The largest absolute Gasteiger partial charge is 0.473 e. The SMILES string of the molecule is Cc1nccc(-c2ccc(OCc3ccccc3)nc2)n1. The average molecular weight is 277 g/mol. The fourth-order valence-electron chi connectivity index (χ4n) is 1.97. The van der Waals surface area contributed by atoms with Gasteiger partial charge in [-0.1, -0.05) is 30.3 Å². The second kappa shape index (κ2) is 6.13. The second-order valence-electron chi connectivity index (χ2n) is 4.65. The molecule has 0 unspecified atom stereocenters. The molecule has 0 fully saturated rings. The van der Waals surface area contributed by atoms with Crippen molar-refractivity contribution in [2.75, 3.05) is 0 Å². The van der Waals surface area contributed by atoms with Gasteiger partial charge in [-0.15, -0.1) is 0 Å². The predicted molar refractivity (Wildman–Crippen MR) is 80.8 cm³/mol. The van der Waals surface area contributed by atoms with E-state index in [0.717, 1.165) is 22.6 Å². The topological polar surface area (TPSA) is 47.9 Å². The summed E-state index contributed by atoms with van der Waals surface area (Å²) in [7, 11) is 0. The summed E-state index contributed by atoms with van der Waals surface area (Å²) in [6, 6.07) is 15.7. The molecular weight excluding hydrogens is 262 g/mol. The molecule has 3 aromatic rings. The number of rotatable bonds is 4. The van der Waals surface area contributed by atoms with Crippen molar-refractivity contribution in [3.8, 4) is 17.1 Å². The van der Waals surface area contributed by atoms with Crippen LogP contribution in [-0.4, -0.2) is 15.0 Å². The maximum atomic E-state index is 5.66. The Hall–Kier alpha value is -2.75. The summed E-state index contributed by atoms with van der Waals surface area (Å²) < 4.78 is 5.66. The normalized spacial score (nSPS) is 10.3. The van der Waals surface area contributed by atoms with E-state index in [2.05, 4.69) is 15.0 Å². The van der Waals surface area contributed by atoms with E-state index in [-0.39, 0.29) is 0 Å². The van der Waals surface area contributed by atoms with Crippen LogP contribution >= 0.6 is 0 Å². The van der Waals surface area contributed by atoms with Crippen molar-refractivity contribution in [2.24, 2.45) is 0 Å². The molecule has 0 bridgehead atoms. The van der Waals surface area contributed by atoms with E-state index >= 15 is 0 Å². The fraction of sp³-hybridized carbons (Fsp3) is 0.118. The number of aryl methyl sites for hydroxylation is 1. The minimum Gasteiger partial charge on any atom is -0.473 e. The van der Waals surface area contributed by atoms with Crippen LogP contribution in [0, 0.1) is 6.92 Å². The molecule has 2 aromatic heterocycles. The summed E-state index contributed by atoms with van der Waals surface area (Å²) in [5.41, 5.74) is 2.94. The monoisotopic (exact) mass is 277 g/mol. The second-order valence-corrected chi connectivity index (χ2v) is 4.65. The van der Waals surface area contributed by atoms with Gasteiger partial charge in [0.1, 0.15) is 12.4 Å². The number of aromatic nitrogens is 3. The molecule has 0 aliphatic rings. The minimum absolute atomic E-state index is 0.514. The van der Waals surface area contributed by atoms with E-state index in [1.54, 1.807) is 12.4 Å². The highest BCUT2D eigenvalue weighted by Crippen LogP contribution is 2.18. The van der Waals surface area contributed by atoms with Gasteiger partial charge in [0.25, 0.3) is 0 Å². The zero-order valence-corrected chi connectivity index (χ0v) is 11.7. The smallest absolute Gasteiger partial charge is 0.213 e. The first-order valence-electron chi connectivity index (χ1n) is 6.74. The van der Waals surface area contributed by atoms with Gasteiger partial charge >= 0.3 is 0 Å². The molecule has 2 heterocycles. The Kier molecular flexibility index (Phi) is 3.87. The summed E-state index contributed by atoms with van der Waals surface area (Å²) in [5, 5.41) is 0. The molecule has 0 saturated carbocycles. The van der Waals surface area contributed by atoms with Crippen molar-refractivity contribution in [3.05, 3.63) is 72.3 Å². The summed E-state index contributed by atoms with van der Waals surface area (Å²) >= 11 is 0. The lowest BCUT2D eigenvalue weighted by molar-refractivity contribution is 0.294. The van der Waals surface area contributed by atoms with E-state index in [4.69, 9.17) is 4.74 Å². The van der Waals surface area contributed by atoms with Crippen LogP contribution in [0.4, 0.5) is 0 Å². The average Bonchev–Trinajstić information content (AvgIpc) is 2.54. The third-order valence-electron chi connectivity index (χ3n) is 3.04. The number of ether oxygens (including phenoxy) is 1. The van der Waals surface area contributed by atoms with Gasteiger partial charge in [0.2, 0.25) is 5.88 Å². The van der Waals surface area contributed by atoms with Gasteiger partial charge in [-0.25, -0.2) is 15.0 Å². The summed E-state index contributed by atoms with van der Waals surface area (Å²) in [4.78, 5) is 12.8. The molecule has 0 atom stereocenters. The molecule has 0 radical (unpaired) electrons. The molecule has 0 aliphatic heterocycles. The van der Waals surface area contributed by atoms with Crippen molar-refractivity contribution < 1.29 is 4.74 Å². The van der Waals surface area contributed by atoms with Gasteiger partial charge < -0.3 is 4.74 Å². The van der Waals surface area contributed by atoms with E-state index in [1.807, 2.05) is 55.5 Å². The lowest BCUT2D eigenvalue weighted by Crippen LogP contribution is -1.97. The predicted octanol–water partition coefficient (Wildman–Crippen LogP) is 3.43. The lowest BCUT2D eigenvalue weighted by Gasteiger charge is -2.06. The molecule has 4 nitrogen and oxygen atoms in total. The zero-order valence-electron chi connectivity index (χ0n) is 11.7. The number of nitrogens with zero attached hydrogens (tertiary/aromatic N) is 3. The Morgan fingerprint density at radius 3 is 2.52 bits per heavy atom. The molecule has 3 rings (SSSR count). The number of hydrogen-bond donors (Lipinski definition) is 0. The first-order chi connectivity index (χ1) is 10.3. The molecule has 1 aromatic carbocycles. The van der Waals surface area contributed by atoms with Crippen LogP contribution in [0.5, 0.6) is 5.88 Å². The zero-order chi connectivity index (χ0) is 14.5. The number of benzene rings is 1. The van der Waals surface area contributed by atoms with E-state index in [9.17, 15) is 0 Å². The Labute approximate surface area is 123 Å². The molecule has 0 aliphatic carbocycles. The van der Waals surface area contributed by atoms with Crippen molar-refractivity contribution >= 4 is 0 Å². The van der Waals surface area contributed by atoms with Gasteiger partial charge in [0.05, 0.1) is 5.69 Å². The first kappa shape index (κ1) is 13.2.